The molecule has 0 unspecified atom stereocenters. The maximum Gasteiger partial charge on any atom is 0.169 e. The zero-order valence-electron chi connectivity index (χ0n) is 11.5. The Balaban J connectivity index is 1.86. The number of ether oxygens (including phenoxy) is 1. The van der Waals surface area contributed by atoms with E-state index in [1.54, 1.807) is 11.3 Å². The van der Waals surface area contributed by atoms with Gasteiger partial charge in [-0.1, -0.05) is 11.6 Å². The van der Waals surface area contributed by atoms with E-state index in [4.69, 9.17) is 16.3 Å². The van der Waals surface area contributed by atoms with Gasteiger partial charge in [-0.2, -0.15) is 0 Å². The van der Waals surface area contributed by atoms with Crippen molar-refractivity contribution in [2.75, 3.05) is 0 Å². The van der Waals surface area contributed by atoms with Gasteiger partial charge in [-0.15, -0.1) is 11.3 Å². The molecule has 3 aromatic rings. The highest BCUT2D eigenvalue weighted by Crippen LogP contribution is 2.33. The summed E-state index contributed by atoms with van der Waals surface area (Å²) < 4.78 is 6.88. The highest BCUT2D eigenvalue weighted by molar-refractivity contribution is 14.1. The third kappa shape index (κ3) is 3.14. The Bertz CT molecular complexity index is 802. The maximum absolute atomic E-state index is 6.28. The Hall–Kier alpha value is -0.920. The van der Waals surface area contributed by atoms with Gasteiger partial charge in [0.05, 0.1) is 5.39 Å². The number of hydrogen-bond donors (Lipinski definition) is 0. The minimum absolute atomic E-state index is 0.312. The number of halogens is 2. The Labute approximate surface area is 145 Å². The molecule has 2 aromatic heterocycles. The van der Waals surface area contributed by atoms with Crippen molar-refractivity contribution in [3.8, 4) is 5.75 Å². The first-order valence-corrected chi connectivity index (χ1v) is 8.62. The monoisotopic (exact) mass is 430 g/mol. The van der Waals surface area contributed by atoms with E-state index in [0.717, 1.165) is 21.5 Å². The average Bonchev–Trinajstić information content (AvgIpc) is 2.74. The summed E-state index contributed by atoms with van der Waals surface area (Å²) in [5.41, 5.74) is 1.16. The summed E-state index contributed by atoms with van der Waals surface area (Å²) in [4.78, 5) is 11.0. The van der Waals surface area contributed by atoms with Crippen molar-refractivity contribution >= 4 is 55.7 Å². The van der Waals surface area contributed by atoms with E-state index in [1.165, 1.54) is 8.45 Å². The first-order chi connectivity index (χ1) is 10.0. The van der Waals surface area contributed by atoms with Crippen LogP contribution in [0, 0.1) is 17.4 Å². The molecule has 0 bridgehead atoms. The predicted molar refractivity (Wildman–Crippen MR) is 95.4 cm³/mol. The maximum atomic E-state index is 6.28. The van der Waals surface area contributed by atoms with Crippen molar-refractivity contribution < 1.29 is 4.74 Å². The zero-order chi connectivity index (χ0) is 15.0. The van der Waals surface area contributed by atoms with Gasteiger partial charge in [-0.25, -0.2) is 9.97 Å². The fourth-order valence-corrected chi connectivity index (χ4v) is 3.78. The Morgan fingerprint density at radius 3 is 2.62 bits per heavy atom. The molecule has 0 aliphatic rings. The van der Waals surface area contributed by atoms with Gasteiger partial charge in [0.25, 0.3) is 0 Å². The molecule has 1 aromatic carbocycles. The lowest BCUT2D eigenvalue weighted by atomic mass is 10.2. The molecule has 21 heavy (non-hydrogen) atoms. The van der Waals surface area contributed by atoms with Gasteiger partial charge < -0.3 is 4.74 Å². The van der Waals surface area contributed by atoms with Crippen molar-refractivity contribution in [1.82, 2.24) is 9.97 Å². The summed E-state index contributed by atoms with van der Waals surface area (Å²) in [5.74, 6) is 1.40. The van der Waals surface area contributed by atoms with Gasteiger partial charge in [0, 0.05) is 8.45 Å². The smallest absolute Gasteiger partial charge is 0.169 e. The topological polar surface area (TPSA) is 35.0 Å². The number of benzene rings is 1. The lowest BCUT2D eigenvalue weighted by Gasteiger charge is -2.06. The highest BCUT2D eigenvalue weighted by Gasteiger charge is 2.13. The van der Waals surface area contributed by atoms with Gasteiger partial charge in [0.15, 0.2) is 5.82 Å². The second kappa shape index (κ2) is 6.06. The predicted octanol–water partition coefficient (Wildman–Crippen LogP) is 5.15. The van der Waals surface area contributed by atoms with Crippen LogP contribution in [0.15, 0.2) is 24.3 Å². The normalized spacial score (nSPS) is 11.0. The fourth-order valence-electron chi connectivity index (χ4n) is 1.99. The Morgan fingerprint density at radius 2 is 1.90 bits per heavy atom. The molecule has 108 valence electrons. The van der Waals surface area contributed by atoms with Crippen LogP contribution in [0.3, 0.4) is 0 Å². The van der Waals surface area contributed by atoms with Crippen molar-refractivity contribution in [2.45, 2.75) is 20.5 Å². The van der Waals surface area contributed by atoms with Gasteiger partial charge >= 0.3 is 0 Å². The van der Waals surface area contributed by atoms with Crippen molar-refractivity contribution in [2.24, 2.45) is 0 Å². The van der Waals surface area contributed by atoms with Crippen LogP contribution in [0.2, 0.25) is 5.15 Å². The number of fused-ring (bicyclic) bond motifs is 1. The average molecular weight is 431 g/mol. The number of hydrogen-bond acceptors (Lipinski definition) is 4. The molecule has 0 aliphatic heterocycles. The number of aryl methyl sites for hydroxylation is 2. The van der Waals surface area contributed by atoms with Crippen LogP contribution in [0.25, 0.3) is 10.2 Å². The lowest BCUT2D eigenvalue weighted by molar-refractivity contribution is 0.296. The molecule has 0 atom stereocenters. The first-order valence-electron chi connectivity index (χ1n) is 6.35. The zero-order valence-corrected chi connectivity index (χ0v) is 15.2. The minimum Gasteiger partial charge on any atom is -0.486 e. The molecule has 0 fully saturated rings. The van der Waals surface area contributed by atoms with E-state index in [1.807, 2.05) is 31.2 Å². The summed E-state index contributed by atoms with van der Waals surface area (Å²) in [5, 5.41) is 1.46. The lowest BCUT2D eigenvalue weighted by Crippen LogP contribution is -2.01. The molecule has 3 rings (SSSR count). The van der Waals surface area contributed by atoms with Crippen LogP contribution in [-0.4, -0.2) is 9.97 Å². The molecule has 0 radical (unpaired) electrons. The van der Waals surface area contributed by atoms with E-state index < -0.39 is 0 Å². The SMILES string of the molecule is Cc1sc2nc(COc3ccc(I)cc3)nc(Cl)c2c1C. The summed E-state index contributed by atoms with van der Waals surface area (Å²) >= 11 is 10.2. The van der Waals surface area contributed by atoms with Crippen molar-refractivity contribution in [1.29, 1.82) is 0 Å². The minimum atomic E-state index is 0.312. The molecule has 3 nitrogen and oxygen atoms in total. The summed E-state index contributed by atoms with van der Waals surface area (Å²) in [6.07, 6.45) is 0. The van der Waals surface area contributed by atoms with E-state index in [9.17, 15) is 0 Å². The third-order valence-corrected chi connectivity index (χ3v) is 5.31. The van der Waals surface area contributed by atoms with E-state index >= 15 is 0 Å². The van der Waals surface area contributed by atoms with Crippen LogP contribution in [0.5, 0.6) is 5.75 Å². The van der Waals surface area contributed by atoms with Crippen LogP contribution in [0.1, 0.15) is 16.3 Å². The van der Waals surface area contributed by atoms with Gasteiger partial charge in [0.2, 0.25) is 0 Å². The van der Waals surface area contributed by atoms with E-state index in [2.05, 4.69) is 39.5 Å². The summed E-state index contributed by atoms with van der Waals surface area (Å²) in [7, 11) is 0. The standard InChI is InChI=1S/C15H12ClIN2OS/c1-8-9(2)21-15-13(8)14(16)18-12(19-15)7-20-11-5-3-10(17)4-6-11/h3-6H,7H2,1-2H3. The second-order valence-electron chi connectivity index (χ2n) is 4.64. The summed E-state index contributed by atoms with van der Waals surface area (Å²) in [6, 6.07) is 7.86. The van der Waals surface area contributed by atoms with Gasteiger partial charge in [-0.05, 0) is 66.3 Å². The van der Waals surface area contributed by atoms with Crippen LogP contribution < -0.4 is 4.74 Å². The van der Waals surface area contributed by atoms with Crippen molar-refractivity contribution in [3.05, 3.63) is 49.3 Å². The van der Waals surface area contributed by atoms with Crippen molar-refractivity contribution in [3.63, 3.8) is 0 Å². The van der Waals surface area contributed by atoms with Crippen LogP contribution in [0.4, 0.5) is 0 Å². The molecule has 0 amide bonds. The van der Waals surface area contributed by atoms with E-state index in [0.29, 0.717) is 17.6 Å². The molecule has 0 spiro atoms. The van der Waals surface area contributed by atoms with Crippen LogP contribution >= 0.6 is 45.5 Å². The molecule has 0 saturated carbocycles. The second-order valence-corrected chi connectivity index (χ2v) is 7.44. The Morgan fingerprint density at radius 1 is 1.19 bits per heavy atom. The molecular formula is C15H12ClIN2OS. The quantitative estimate of drug-likeness (QED) is 0.426. The van der Waals surface area contributed by atoms with Crippen LogP contribution in [-0.2, 0) is 6.61 Å². The van der Waals surface area contributed by atoms with E-state index in [-0.39, 0.29) is 0 Å². The van der Waals surface area contributed by atoms with Gasteiger partial charge in [-0.3, -0.25) is 0 Å². The number of thiophene rings is 1. The first kappa shape index (κ1) is 15.0. The number of rotatable bonds is 3. The Kier molecular flexibility index (Phi) is 4.33. The fraction of sp³-hybridized carbons (Fsp3) is 0.200. The molecule has 0 aliphatic carbocycles. The molecule has 6 heteroatoms. The molecule has 0 saturated heterocycles. The summed E-state index contributed by atoms with van der Waals surface area (Å²) in [6.45, 7) is 4.43. The third-order valence-electron chi connectivity index (χ3n) is 3.21. The number of nitrogens with zero attached hydrogens (tertiary/aromatic N) is 2. The largest absolute Gasteiger partial charge is 0.486 e. The highest BCUT2D eigenvalue weighted by atomic mass is 127. The molecule has 0 N–H and O–H groups in total. The number of aromatic nitrogens is 2. The molecular weight excluding hydrogens is 419 g/mol. The van der Waals surface area contributed by atoms with Gasteiger partial charge in [0.1, 0.15) is 22.3 Å². The molecule has 2 heterocycles.